The Balaban J connectivity index is 2.69. The van der Waals surface area contributed by atoms with E-state index in [4.69, 9.17) is 1.43 Å². The average molecular weight is 152 g/mol. The molecule has 2 nitrogen and oxygen atoms in total. The highest BCUT2D eigenvalue weighted by Crippen LogP contribution is 2.25. The summed E-state index contributed by atoms with van der Waals surface area (Å²) in [7, 11) is 0. The van der Waals surface area contributed by atoms with Crippen molar-refractivity contribution in [3.63, 3.8) is 0 Å². The molecular weight excluding hydrogens is 146 g/mol. The molecule has 0 aliphatic rings. The van der Waals surface area contributed by atoms with E-state index in [0.717, 1.165) is 10.2 Å². The zero-order chi connectivity index (χ0) is 7.68. The molecule has 50 valence electrons. The molecule has 0 saturated carbocycles. The van der Waals surface area contributed by atoms with Gasteiger partial charge in [0, 0.05) is 0 Å². The normalized spacial score (nSPS) is 11.4. The van der Waals surface area contributed by atoms with Crippen molar-refractivity contribution >= 4 is 21.6 Å². The second-order valence-electron chi connectivity index (χ2n) is 1.95. The molecule has 0 fully saturated rings. The Bertz CT molecular complexity index is 340. The molecule has 1 aromatic carbocycles. The van der Waals surface area contributed by atoms with E-state index in [1.54, 1.807) is 0 Å². The predicted octanol–water partition coefficient (Wildman–Crippen LogP) is 2.00. The topological polar surface area (TPSA) is 33.1 Å². The van der Waals surface area contributed by atoms with Crippen LogP contribution in [0.5, 0.6) is 5.19 Å². The number of benzene rings is 1. The molecule has 0 bridgehead atoms. The molecule has 1 heterocycles. The Morgan fingerprint density at radius 2 is 2.40 bits per heavy atom. The summed E-state index contributed by atoms with van der Waals surface area (Å²) < 4.78 is 7.67. The molecule has 3 heteroatoms. The summed E-state index contributed by atoms with van der Waals surface area (Å²) in [6, 6.07) is 7.70. The Morgan fingerprint density at radius 3 is 3.20 bits per heavy atom. The smallest absolute Gasteiger partial charge is 0.296 e. The number of fused-ring (bicyclic) bond motifs is 1. The molecular formula is C7H5NOS. The largest absolute Gasteiger partial charge is 0.486 e. The van der Waals surface area contributed by atoms with Gasteiger partial charge in [0.05, 0.1) is 10.2 Å². The van der Waals surface area contributed by atoms with Gasteiger partial charge in [-0.1, -0.05) is 23.5 Å². The van der Waals surface area contributed by atoms with Crippen molar-refractivity contribution in [1.29, 1.82) is 1.43 Å². The van der Waals surface area contributed by atoms with Crippen LogP contribution in [0.1, 0.15) is 0 Å². The van der Waals surface area contributed by atoms with E-state index < -0.39 is 0 Å². The summed E-state index contributed by atoms with van der Waals surface area (Å²) >= 11 is 1.38. The first-order valence-electron chi connectivity index (χ1n) is 3.30. The van der Waals surface area contributed by atoms with Crippen LogP contribution in [-0.4, -0.2) is 11.5 Å². The fourth-order valence-corrected chi connectivity index (χ4v) is 1.55. The highest BCUT2D eigenvalue weighted by atomic mass is 32.1. The van der Waals surface area contributed by atoms with E-state index in [0.29, 0.717) is 5.19 Å². The molecule has 0 amide bonds. The van der Waals surface area contributed by atoms with Gasteiger partial charge in [-0.2, -0.15) is 0 Å². The fraction of sp³-hybridized carbons (Fsp3) is 0. The molecule has 0 aliphatic carbocycles. The number of hydrogen-bond donors (Lipinski definition) is 1. The third kappa shape index (κ3) is 0.752. The zero-order valence-corrected chi connectivity index (χ0v) is 5.89. The highest BCUT2D eigenvalue weighted by Gasteiger charge is 1.97. The Labute approximate surface area is 63.3 Å². The minimum Gasteiger partial charge on any atom is -0.486 e. The molecule has 0 spiro atoms. The molecule has 1 N–H and O–H groups in total. The molecule has 0 saturated heterocycles. The lowest BCUT2D eigenvalue weighted by atomic mass is 10.3. The number of para-hydroxylation sites is 1. The quantitative estimate of drug-likeness (QED) is 0.678. The second kappa shape index (κ2) is 1.95. The van der Waals surface area contributed by atoms with Crippen molar-refractivity contribution in [2.24, 2.45) is 0 Å². The maximum atomic E-state index is 6.62. The van der Waals surface area contributed by atoms with Gasteiger partial charge in [-0.25, -0.2) is 4.98 Å². The van der Waals surface area contributed by atoms with Crippen LogP contribution in [0.3, 0.4) is 0 Å². The molecule has 0 atom stereocenters. The SMILES string of the molecule is [2H]Oc1nc2ccccc2s1. The molecule has 0 radical (unpaired) electrons. The van der Waals surface area contributed by atoms with Gasteiger partial charge in [0.15, 0.2) is 0 Å². The highest BCUT2D eigenvalue weighted by molar-refractivity contribution is 7.20. The van der Waals surface area contributed by atoms with Crippen molar-refractivity contribution < 1.29 is 5.11 Å². The van der Waals surface area contributed by atoms with E-state index in [9.17, 15) is 0 Å². The number of aromatic hydroxyl groups is 1. The van der Waals surface area contributed by atoms with Crippen molar-refractivity contribution in [2.45, 2.75) is 0 Å². The number of rotatable bonds is 1. The van der Waals surface area contributed by atoms with Gasteiger partial charge in [-0.05, 0) is 12.1 Å². The summed E-state index contributed by atoms with van der Waals surface area (Å²) in [6.45, 7) is 0. The second-order valence-corrected chi connectivity index (χ2v) is 2.94. The summed E-state index contributed by atoms with van der Waals surface area (Å²) in [5, 5.41) is 4.65. The summed E-state index contributed by atoms with van der Waals surface area (Å²) in [6.07, 6.45) is 0. The van der Waals surface area contributed by atoms with Crippen molar-refractivity contribution in [3.8, 4) is 5.19 Å². The summed E-state index contributed by atoms with van der Waals surface area (Å²) in [5.41, 5.74) is 0.889. The van der Waals surface area contributed by atoms with Crippen LogP contribution in [0.25, 0.3) is 10.2 Å². The van der Waals surface area contributed by atoms with E-state index in [1.807, 2.05) is 24.3 Å². The standard InChI is InChI=1S/C7H5NOS/c9-7-8-5-3-1-2-4-6(5)10-7/h1-4H,(H,8,9)/i/hD. The maximum Gasteiger partial charge on any atom is 0.296 e. The molecule has 1 aromatic heterocycles. The van der Waals surface area contributed by atoms with E-state index in [1.165, 1.54) is 11.3 Å². The molecule has 0 unspecified atom stereocenters. The lowest BCUT2D eigenvalue weighted by molar-refractivity contribution is 0.472. The average Bonchev–Trinajstić information content (AvgIpc) is 2.46. The van der Waals surface area contributed by atoms with Gasteiger partial charge in [0.25, 0.3) is 6.62 Å². The minimum atomic E-state index is 0.395. The van der Waals surface area contributed by atoms with E-state index in [-0.39, 0.29) is 0 Å². The lowest BCUT2D eigenvalue weighted by Gasteiger charge is -1.79. The Kier molecular flexibility index (Phi) is 0.914. The number of aromatic nitrogens is 1. The Morgan fingerprint density at radius 1 is 1.50 bits per heavy atom. The van der Waals surface area contributed by atoms with E-state index in [2.05, 4.69) is 10.1 Å². The predicted molar refractivity (Wildman–Crippen MR) is 41.3 cm³/mol. The van der Waals surface area contributed by atoms with Crippen LogP contribution in [0.2, 0.25) is 0 Å². The van der Waals surface area contributed by atoms with Gasteiger partial charge in [0.1, 0.15) is 0 Å². The lowest BCUT2D eigenvalue weighted by Crippen LogP contribution is -1.62. The number of hydrogen-bond acceptors (Lipinski definition) is 3. The third-order valence-electron chi connectivity index (χ3n) is 1.27. The molecule has 10 heavy (non-hydrogen) atoms. The van der Waals surface area contributed by atoms with Crippen molar-refractivity contribution in [2.75, 3.05) is 0 Å². The molecule has 0 aliphatic heterocycles. The summed E-state index contributed by atoms with van der Waals surface area (Å²) in [5.74, 6) is 0. The van der Waals surface area contributed by atoms with Gasteiger partial charge < -0.3 is 5.11 Å². The van der Waals surface area contributed by atoms with Crippen LogP contribution in [0.4, 0.5) is 0 Å². The molecule has 2 aromatic rings. The van der Waals surface area contributed by atoms with Crippen LogP contribution >= 0.6 is 11.3 Å². The maximum absolute atomic E-state index is 6.62. The van der Waals surface area contributed by atoms with Gasteiger partial charge in [-0.15, -0.1) is 0 Å². The van der Waals surface area contributed by atoms with Crippen LogP contribution in [-0.2, 0) is 0 Å². The number of nitrogens with zero attached hydrogens (tertiary/aromatic N) is 1. The summed E-state index contributed by atoms with van der Waals surface area (Å²) in [4.78, 5) is 4.04. The molecule has 2 rings (SSSR count). The minimum absolute atomic E-state index is 0.395. The Hall–Kier alpha value is -1.09. The van der Waals surface area contributed by atoms with Gasteiger partial charge >= 0.3 is 0 Å². The van der Waals surface area contributed by atoms with Crippen molar-refractivity contribution in [1.82, 2.24) is 4.98 Å². The van der Waals surface area contributed by atoms with E-state index >= 15 is 0 Å². The first-order chi connectivity index (χ1) is 5.40. The van der Waals surface area contributed by atoms with Gasteiger partial charge in [-0.3, -0.25) is 0 Å². The first kappa shape index (κ1) is 4.68. The fourth-order valence-electron chi connectivity index (χ4n) is 0.851. The van der Waals surface area contributed by atoms with Crippen LogP contribution in [0.15, 0.2) is 24.3 Å². The van der Waals surface area contributed by atoms with Gasteiger partial charge in [0.2, 0.25) is 0 Å². The first-order valence-corrected chi connectivity index (χ1v) is 3.70. The van der Waals surface area contributed by atoms with Crippen LogP contribution < -0.4 is 0 Å². The monoisotopic (exact) mass is 152 g/mol. The van der Waals surface area contributed by atoms with Crippen molar-refractivity contribution in [3.05, 3.63) is 24.3 Å². The van der Waals surface area contributed by atoms with Crippen LogP contribution in [0, 0.1) is 0 Å². The third-order valence-corrected chi connectivity index (χ3v) is 2.11. The number of thiazole rings is 1. The zero-order valence-electron chi connectivity index (χ0n) is 6.07.